The van der Waals surface area contributed by atoms with Crippen LogP contribution in [0.1, 0.15) is 289 Å². The van der Waals surface area contributed by atoms with Gasteiger partial charge in [0.15, 0.2) is 0 Å². The molecule has 0 atom stereocenters. The van der Waals surface area contributed by atoms with Crippen molar-refractivity contribution in [3.63, 3.8) is 0 Å². The number of rotatable bonds is 9. The second kappa shape index (κ2) is 30.6. The van der Waals surface area contributed by atoms with Crippen molar-refractivity contribution < 1.29 is 10.7 Å². The molecule has 0 aromatic rings. The third-order valence-electron chi connectivity index (χ3n) is 19.9. The van der Waals surface area contributed by atoms with E-state index in [1.165, 1.54) is 35.4 Å². The predicted octanol–water partition coefficient (Wildman–Crippen LogP) is 19.6. The SMILES string of the molecule is C1CC[CH]([Sn+]([CH]2CCCCC2)[CH]2CCCCC2)CC1.C1CC[CH]([Sn+]([CH]2CCCCC2)[CH]2CCCCC2)CC1.C1CC[CH]([Sn+]([CH]2CCCCC2)[CH]2CCCCC2)CC1.N#[C][Fe-3]([C]#N)([C]#N)([C]#N)([C]#N)[C]#N. The molecule has 9 saturated carbocycles. The molecule has 9 aliphatic carbocycles. The average molecular weight is 1320 g/mol. The van der Waals surface area contributed by atoms with E-state index in [0.29, 0.717) is 0 Å². The van der Waals surface area contributed by atoms with Crippen LogP contribution in [0.5, 0.6) is 0 Å². The molecule has 9 rings (SSSR count). The Morgan fingerprint density at radius 3 is 0.357 bits per heavy atom. The van der Waals surface area contributed by atoms with Gasteiger partial charge in [-0.05, 0) is 0 Å². The van der Waals surface area contributed by atoms with Gasteiger partial charge in [0.1, 0.15) is 0 Å². The molecule has 0 N–H and O–H groups in total. The van der Waals surface area contributed by atoms with Crippen LogP contribution in [-0.4, -0.2) is 59.3 Å². The Labute approximate surface area is 451 Å². The van der Waals surface area contributed by atoms with Crippen LogP contribution in [0, 0.1) is 61.4 Å². The zero-order valence-electron chi connectivity index (χ0n) is 44.6. The minimum absolute atomic E-state index is 1.03. The van der Waals surface area contributed by atoms with Gasteiger partial charge in [-0.3, -0.25) is 0 Å². The van der Waals surface area contributed by atoms with Crippen molar-refractivity contribution >= 4 is 59.3 Å². The molecule has 389 valence electrons. The number of hydrogen-bond donors (Lipinski definition) is 0. The van der Waals surface area contributed by atoms with Gasteiger partial charge in [0.25, 0.3) is 0 Å². The summed E-state index contributed by atoms with van der Waals surface area (Å²) in [4.78, 5) is 6.19. The zero-order valence-corrected chi connectivity index (χ0v) is 54.2. The van der Waals surface area contributed by atoms with E-state index >= 15 is 0 Å². The topological polar surface area (TPSA) is 143 Å². The van der Waals surface area contributed by atoms with Gasteiger partial charge >= 0.3 is 456 Å². The molecule has 0 heterocycles. The van der Waals surface area contributed by atoms with E-state index in [2.05, 4.69) is 0 Å². The van der Waals surface area contributed by atoms with Gasteiger partial charge in [-0.25, -0.2) is 0 Å². The predicted molar refractivity (Wildman–Crippen MR) is 292 cm³/mol. The van der Waals surface area contributed by atoms with Crippen LogP contribution in [0.4, 0.5) is 0 Å². The molecule has 0 aromatic carbocycles. The fraction of sp³-hybridized carbons (Fsp3) is 0.900. The van der Waals surface area contributed by atoms with Gasteiger partial charge < -0.3 is 0 Å². The molecule has 0 saturated heterocycles. The standard InChI is InChI=1S/9C6H11.6CN.Fe.3Sn/c9*1-2-4-6-5-3-1;6*1-2;;;;/h9*1H,2-6H2;;;;;;;;;;/q;;;;;;;;;;;;;;;-3;3*+1. The van der Waals surface area contributed by atoms with Gasteiger partial charge in [-0.15, -0.1) is 0 Å². The van der Waals surface area contributed by atoms with E-state index in [4.69, 9.17) is 31.6 Å². The fourth-order valence-corrected chi connectivity index (χ4v) is 61.8. The molecule has 0 aliphatic heterocycles. The summed E-state index contributed by atoms with van der Waals surface area (Å²) in [5, 5.41) is 51.5. The molecule has 6 nitrogen and oxygen atoms in total. The van der Waals surface area contributed by atoms with Crippen molar-refractivity contribution in [1.29, 1.82) is 31.6 Å². The molecule has 0 radical (unpaired) electrons. The number of hydrogen-bond acceptors (Lipinski definition) is 6. The summed E-state index contributed by atoms with van der Waals surface area (Å²) in [6, 6.07) is 0. The fourth-order valence-electron chi connectivity index (χ4n) is 16.2. The Morgan fingerprint density at radius 1 is 0.186 bits per heavy atom. The summed E-state index contributed by atoms with van der Waals surface area (Å²) < 4.78 is 11.9. The first-order valence-electron chi connectivity index (χ1n) is 30.3. The van der Waals surface area contributed by atoms with Crippen molar-refractivity contribution in [2.24, 2.45) is 0 Å². The molecule has 0 spiro atoms. The zero-order chi connectivity index (χ0) is 49.4. The van der Waals surface area contributed by atoms with Crippen molar-refractivity contribution in [3.05, 3.63) is 0 Å². The van der Waals surface area contributed by atoms with E-state index in [-0.39, 0.29) is 0 Å². The van der Waals surface area contributed by atoms with Crippen LogP contribution in [0.25, 0.3) is 0 Å². The molecule has 0 amide bonds. The van der Waals surface area contributed by atoms with Crippen molar-refractivity contribution in [2.75, 3.05) is 0 Å². The summed E-state index contributed by atoms with van der Waals surface area (Å²) >= 11 is -3.45. The van der Waals surface area contributed by atoms with Crippen molar-refractivity contribution in [3.8, 4) is 29.8 Å². The third kappa shape index (κ3) is 16.0. The van der Waals surface area contributed by atoms with Crippen LogP contribution in [0.15, 0.2) is 0 Å². The first kappa shape index (κ1) is 59.1. The Kier molecular flexibility index (Phi) is 25.8. The molecule has 0 bridgehead atoms. The van der Waals surface area contributed by atoms with Gasteiger partial charge in [-0.1, -0.05) is 0 Å². The minimum atomic E-state index is -6.17. The summed E-state index contributed by atoms with van der Waals surface area (Å²) in [5.41, 5.74) is 0. The average Bonchev–Trinajstić information content (AvgIpc) is 3.46. The Hall–Kier alpha value is -0.144. The summed E-state index contributed by atoms with van der Waals surface area (Å²) in [5.74, 6) is 0. The van der Waals surface area contributed by atoms with E-state index in [9.17, 15) is 0 Å². The molecular formula is C60H99FeN6Sn3. The maximum atomic E-state index is 8.58. The second-order valence-electron chi connectivity index (χ2n) is 24.3. The van der Waals surface area contributed by atoms with Gasteiger partial charge in [-0.2, -0.15) is 0 Å². The van der Waals surface area contributed by atoms with E-state index in [1.54, 1.807) is 289 Å². The van der Waals surface area contributed by atoms with E-state index in [1.807, 2.05) is 0 Å². The molecule has 10 heteroatoms. The van der Waals surface area contributed by atoms with Crippen LogP contribution < -0.4 is 0 Å². The molecule has 9 fully saturated rings. The van der Waals surface area contributed by atoms with Gasteiger partial charge in [0, 0.05) is 0 Å². The second-order valence-corrected chi connectivity index (χ2v) is 59.5. The van der Waals surface area contributed by atoms with Crippen LogP contribution in [0.3, 0.4) is 0 Å². The van der Waals surface area contributed by atoms with Gasteiger partial charge in [0.05, 0.1) is 0 Å². The van der Waals surface area contributed by atoms with Gasteiger partial charge in [0.2, 0.25) is 0 Å². The molecule has 0 unspecified atom stereocenters. The maximum absolute atomic E-state index is 8.58. The molecular weight excluding hydrogens is 1220 g/mol. The Balaban J connectivity index is 0.000000155. The monoisotopic (exact) mass is 1320 g/mol. The Morgan fingerprint density at radius 2 is 0.286 bits per heavy atom. The Bertz CT molecular complexity index is 1390. The van der Waals surface area contributed by atoms with E-state index < -0.39 is 70.0 Å². The van der Waals surface area contributed by atoms with Crippen molar-refractivity contribution in [1.82, 2.24) is 0 Å². The molecule has 9 aliphatic rings. The van der Waals surface area contributed by atoms with Crippen LogP contribution >= 0.6 is 0 Å². The normalized spacial score (nSPS) is 25.6. The van der Waals surface area contributed by atoms with Crippen LogP contribution in [-0.2, 0) is 10.7 Å². The summed E-state index contributed by atoms with van der Waals surface area (Å²) in [7, 11) is -6.17. The van der Waals surface area contributed by atoms with E-state index in [0.717, 1.165) is 29.8 Å². The third-order valence-corrected chi connectivity index (χ3v) is 62.6. The molecule has 70 heavy (non-hydrogen) atoms. The quantitative estimate of drug-likeness (QED) is 0.210. The first-order chi connectivity index (χ1) is 34.3. The number of nitriles is 6. The first-order valence-corrected chi connectivity index (χ1v) is 48.5. The van der Waals surface area contributed by atoms with Crippen molar-refractivity contribution in [2.45, 2.75) is 324 Å². The molecule has 0 aromatic heterocycles. The summed E-state index contributed by atoms with van der Waals surface area (Å²) in [6.07, 6.45) is 72.7. The number of nitrogens with zero attached hydrogens (tertiary/aromatic N) is 6. The summed E-state index contributed by atoms with van der Waals surface area (Å²) in [6.45, 7) is 0. The van der Waals surface area contributed by atoms with Crippen LogP contribution in [0.2, 0.25) is 35.4 Å².